The van der Waals surface area contributed by atoms with Crippen LogP contribution < -0.4 is 5.11 Å². The van der Waals surface area contributed by atoms with Gasteiger partial charge in [-0.15, -0.1) is 0 Å². The molecule has 2 nitrogen and oxygen atoms in total. The van der Waals surface area contributed by atoms with Crippen LogP contribution in [0.4, 0.5) is 61.5 Å². The molecule has 0 aromatic heterocycles. The smallest absolute Gasteiger partial charge is 0.385 e. The fourth-order valence-electron chi connectivity index (χ4n) is 1.07. The van der Waals surface area contributed by atoms with Crippen molar-refractivity contribution in [2.24, 2.45) is 0 Å². The van der Waals surface area contributed by atoms with Crippen molar-refractivity contribution < 1.29 is 71.4 Å². The zero-order valence-corrected chi connectivity index (χ0v) is 10.2. The first-order valence-electron chi connectivity index (χ1n) is 4.90. The van der Waals surface area contributed by atoms with E-state index < -0.39 is 47.9 Å². The molecular formula is C8HF14O2-. The molecular weight excluding hydrogens is 394 g/mol. The number of carboxylic acids is 1. The molecule has 0 bridgehead atoms. The van der Waals surface area contributed by atoms with E-state index in [1.165, 1.54) is 0 Å². The third-order valence-corrected chi connectivity index (χ3v) is 2.53. The summed E-state index contributed by atoms with van der Waals surface area (Å²) in [7, 11) is 0. The molecule has 16 heteroatoms. The van der Waals surface area contributed by atoms with E-state index in [1.54, 1.807) is 0 Å². The number of carbonyl (C=O) groups is 1. The summed E-state index contributed by atoms with van der Waals surface area (Å²) in [5, 5.41) is 9.62. The summed E-state index contributed by atoms with van der Waals surface area (Å²) in [4.78, 5) is 9.62. The molecule has 24 heavy (non-hydrogen) atoms. The highest BCUT2D eigenvalue weighted by Gasteiger charge is 2.91. The molecule has 0 heterocycles. The molecule has 0 radical (unpaired) electrons. The summed E-state index contributed by atoms with van der Waals surface area (Å²) in [6.07, 6.45) is -5.80. The van der Waals surface area contributed by atoms with E-state index in [2.05, 4.69) is 0 Å². The van der Waals surface area contributed by atoms with Gasteiger partial charge in [-0.2, -0.15) is 52.7 Å². The van der Waals surface area contributed by atoms with Gasteiger partial charge in [0.15, 0.2) is 0 Å². The Morgan fingerprint density at radius 3 is 1.17 bits per heavy atom. The van der Waals surface area contributed by atoms with Crippen molar-refractivity contribution in [3.63, 3.8) is 0 Å². The fourth-order valence-corrected chi connectivity index (χ4v) is 1.07. The molecule has 0 aromatic rings. The average molecular weight is 395 g/mol. The topological polar surface area (TPSA) is 40.1 Å². The Balaban J connectivity index is 6.43. The van der Waals surface area contributed by atoms with Gasteiger partial charge in [0.2, 0.25) is 0 Å². The maximum absolute atomic E-state index is 12.8. The number of hydrogen-bond donors (Lipinski definition) is 0. The van der Waals surface area contributed by atoms with E-state index in [0.29, 0.717) is 0 Å². The Hall–Kier alpha value is -1.51. The van der Waals surface area contributed by atoms with Crippen LogP contribution in [0.5, 0.6) is 0 Å². The van der Waals surface area contributed by atoms with Crippen LogP contribution in [0.3, 0.4) is 0 Å². The van der Waals surface area contributed by atoms with E-state index in [4.69, 9.17) is 0 Å². The van der Waals surface area contributed by atoms with Gasteiger partial charge in [-0.3, -0.25) is 0 Å². The van der Waals surface area contributed by atoms with Gasteiger partial charge in [-0.25, -0.2) is 8.78 Å². The maximum Gasteiger partial charge on any atom is 0.385 e. The zero-order chi connectivity index (χ0) is 20.2. The molecule has 0 aliphatic heterocycles. The lowest BCUT2D eigenvalue weighted by Crippen LogP contribution is -2.73. The highest BCUT2D eigenvalue weighted by molar-refractivity contribution is 5.75. The van der Waals surface area contributed by atoms with Gasteiger partial charge >= 0.3 is 42.0 Å². The van der Waals surface area contributed by atoms with Crippen LogP contribution in [0.25, 0.3) is 0 Å². The van der Waals surface area contributed by atoms with Crippen LogP contribution in [-0.4, -0.2) is 47.9 Å². The van der Waals surface area contributed by atoms with Crippen molar-refractivity contribution >= 4 is 5.97 Å². The molecule has 0 fully saturated rings. The minimum atomic E-state index is -8.23. The largest absolute Gasteiger partial charge is 0.544 e. The second-order valence-electron chi connectivity index (χ2n) is 4.08. The molecule has 0 saturated carbocycles. The minimum Gasteiger partial charge on any atom is -0.544 e. The standard InChI is InChI=1S/C8H2F14O2/c9-1(10)3(11,12)5(15,16)7(19,20)8(21,22)6(17,18)4(13,14)2(23)24/h1H,(H,23,24)/p-1. The highest BCUT2D eigenvalue weighted by atomic mass is 19.4. The van der Waals surface area contributed by atoms with Crippen LogP contribution in [0, 0.1) is 0 Å². The van der Waals surface area contributed by atoms with Crippen LogP contribution in [0.2, 0.25) is 0 Å². The summed E-state index contributed by atoms with van der Waals surface area (Å²) in [5.41, 5.74) is 0. The number of carboxylic acid groups (broad SMARTS) is 1. The molecule has 0 rings (SSSR count). The lowest BCUT2D eigenvalue weighted by Gasteiger charge is -2.41. The van der Waals surface area contributed by atoms with E-state index in [0.717, 1.165) is 0 Å². The Morgan fingerprint density at radius 2 is 0.917 bits per heavy atom. The number of carbonyl (C=O) groups excluding carboxylic acids is 1. The SMILES string of the molecule is O=C([O-])C(F)(F)C(F)(F)C(F)(F)C(F)(F)C(F)(F)C(F)(F)C(F)F. The second-order valence-corrected chi connectivity index (χ2v) is 4.08. The van der Waals surface area contributed by atoms with Gasteiger partial charge in [0.25, 0.3) is 0 Å². The third kappa shape index (κ3) is 2.53. The van der Waals surface area contributed by atoms with Crippen LogP contribution in [0.1, 0.15) is 0 Å². The predicted octanol–water partition coefficient (Wildman–Crippen LogP) is 2.81. The van der Waals surface area contributed by atoms with E-state index in [-0.39, 0.29) is 0 Å². The van der Waals surface area contributed by atoms with Gasteiger partial charge in [-0.1, -0.05) is 0 Å². The lowest BCUT2D eigenvalue weighted by atomic mass is 9.91. The molecule has 0 aliphatic carbocycles. The minimum absolute atomic E-state index is 4.45. The Kier molecular flexibility index (Phi) is 5.16. The zero-order valence-electron chi connectivity index (χ0n) is 10.2. The molecule has 0 aromatic carbocycles. The summed E-state index contributed by atoms with van der Waals surface area (Å²) in [6.45, 7) is 0. The van der Waals surface area contributed by atoms with Gasteiger partial charge in [-0.05, 0) is 0 Å². The van der Waals surface area contributed by atoms with Gasteiger partial charge in [0.1, 0.15) is 5.97 Å². The molecule has 0 atom stereocenters. The van der Waals surface area contributed by atoms with E-state index in [1.807, 2.05) is 0 Å². The van der Waals surface area contributed by atoms with Crippen molar-refractivity contribution in [2.75, 3.05) is 0 Å². The first-order chi connectivity index (χ1) is 10.1. The Labute approximate surface area is 121 Å². The molecule has 0 saturated heterocycles. The first kappa shape index (κ1) is 22.5. The summed E-state index contributed by atoms with van der Waals surface area (Å²) in [5.74, 6) is -51.4. The van der Waals surface area contributed by atoms with Gasteiger partial charge < -0.3 is 9.90 Å². The second kappa shape index (κ2) is 5.50. The van der Waals surface area contributed by atoms with E-state index in [9.17, 15) is 71.4 Å². The van der Waals surface area contributed by atoms with Crippen molar-refractivity contribution in [3.8, 4) is 0 Å². The fraction of sp³-hybridized carbons (Fsp3) is 0.875. The molecule has 0 amide bonds. The molecule has 0 unspecified atom stereocenters. The Bertz CT molecular complexity index is 495. The quantitative estimate of drug-likeness (QED) is 0.623. The van der Waals surface area contributed by atoms with Crippen LogP contribution in [0.15, 0.2) is 0 Å². The molecule has 0 aliphatic rings. The lowest BCUT2D eigenvalue weighted by molar-refractivity contribution is -0.437. The van der Waals surface area contributed by atoms with Crippen molar-refractivity contribution in [1.82, 2.24) is 0 Å². The highest BCUT2D eigenvalue weighted by Crippen LogP contribution is 2.60. The number of aliphatic carboxylic acids is 1. The van der Waals surface area contributed by atoms with Crippen molar-refractivity contribution in [1.29, 1.82) is 0 Å². The molecule has 0 spiro atoms. The number of halogens is 14. The summed E-state index contributed by atoms with van der Waals surface area (Å²) >= 11 is 0. The van der Waals surface area contributed by atoms with Gasteiger partial charge in [0, 0.05) is 0 Å². The van der Waals surface area contributed by atoms with Crippen molar-refractivity contribution in [2.45, 2.75) is 42.0 Å². The third-order valence-electron chi connectivity index (χ3n) is 2.53. The number of hydrogen-bond acceptors (Lipinski definition) is 2. The van der Waals surface area contributed by atoms with E-state index >= 15 is 0 Å². The maximum atomic E-state index is 12.8. The monoisotopic (exact) mass is 395 g/mol. The number of alkyl halides is 14. The molecule has 0 N–H and O–H groups in total. The average Bonchev–Trinajstić information content (AvgIpc) is 2.36. The first-order valence-corrected chi connectivity index (χ1v) is 4.90. The number of rotatable bonds is 7. The summed E-state index contributed by atoms with van der Waals surface area (Å²) in [6, 6.07) is 0. The molecule has 144 valence electrons. The Morgan fingerprint density at radius 1 is 0.625 bits per heavy atom. The van der Waals surface area contributed by atoms with Gasteiger partial charge in [0.05, 0.1) is 0 Å². The predicted molar refractivity (Wildman–Crippen MR) is 40.7 cm³/mol. The van der Waals surface area contributed by atoms with Crippen LogP contribution in [-0.2, 0) is 4.79 Å². The normalized spacial score (nSPS) is 15.8. The van der Waals surface area contributed by atoms with Crippen LogP contribution >= 0.6 is 0 Å². The summed E-state index contributed by atoms with van der Waals surface area (Å²) < 4.78 is 174. The van der Waals surface area contributed by atoms with Crippen molar-refractivity contribution in [3.05, 3.63) is 0 Å².